The van der Waals surface area contributed by atoms with E-state index in [1.165, 1.54) is 11.8 Å². The van der Waals surface area contributed by atoms with Gasteiger partial charge in [0.2, 0.25) is 0 Å². The lowest BCUT2D eigenvalue weighted by atomic mass is 9.99. The third kappa shape index (κ3) is 2.14. The molecule has 6 nitrogen and oxygen atoms in total. The van der Waals surface area contributed by atoms with Gasteiger partial charge in [0.25, 0.3) is 0 Å². The average Bonchev–Trinajstić information content (AvgIpc) is 2.66. The van der Waals surface area contributed by atoms with E-state index in [0.717, 1.165) is 31.8 Å². The number of anilines is 2. The number of carbonyl (C=O) groups is 1. The summed E-state index contributed by atoms with van der Waals surface area (Å²) < 4.78 is 6.31. The van der Waals surface area contributed by atoms with Crippen LogP contribution < -0.4 is 10.6 Å². The first-order valence-electron chi connectivity index (χ1n) is 6.20. The Hall–Kier alpha value is -1.72. The second-order valence-corrected chi connectivity index (χ2v) is 4.87. The maximum Gasteiger partial charge on any atom is 0.345 e. The Labute approximate surface area is 107 Å². The predicted octanol–water partition coefficient (Wildman–Crippen LogP) is 1.03. The highest BCUT2D eigenvalue weighted by atomic mass is 16.5. The molecular formula is C12H20N4O2. The molecule has 2 heterocycles. The van der Waals surface area contributed by atoms with Crippen molar-refractivity contribution in [2.45, 2.75) is 19.8 Å². The van der Waals surface area contributed by atoms with Crippen LogP contribution in [0.1, 0.15) is 30.1 Å². The molecule has 0 spiro atoms. The van der Waals surface area contributed by atoms with E-state index < -0.39 is 5.97 Å². The number of ether oxygens (including phenoxy) is 1. The number of piperidine rings is 1. The Balaban J connectivity index is 2.32. The summed E-state index contributed by atoms with van der Waals surface area (Å²) in [6, 6.07) is 0. The number of nitrogen functional groups attached to an aromatic ring is 1. The van der Waals surface area contributed by atoms with Crippen molar-refractivity contribution in [3.05, 3.63) is 5.56 Å². The molecule has 0 aliphatic carbocycles. The number of hydrogen-bond donors (Lipinski definition) is 1. The van der Waals surface area contributed by atoms with Gasteiger partial charge in [0.05, 0.1) is 7.11 Å². The third-order valence-corrected chi connectivity index (χ3v) is 3.55. The first-order chi connectivity index (χ1) is 8.54. The Bertz CT molecular complexity index is 447. The molecule has 1 aliphatic rings. The Morgan fingerprint density at radius 3 is 2.61 bits per heavy atom. The summed E-state index contributed by atoms with van der Waals surface area (Å²) in [5, 5.41) is 4.34. The molecule has 0 bridgehead atoms. The van der Waals surface area contributed by atoms with Gasteiger partial charge in [-0.15, -0.1) is 0 Å². The summed E-state index contributed by atoms with van der Waals surface area (Å²) in [7, 11) is 3.09. The summed E-state index contributed by atoms with van der Waals surface area (Å²) in [4.78, 5) is 13.9. The fourth-order valence-electron chi connectivity index (χ4n) is 2.26. The van der Waals surface area contributed by atoms with Crippen molar-refractivity contribution in [2.75, 3.05) is 30.8 Å². The van der Waals surface area contributed by atoms with Crippen LogP contribution in [0.4, 0.5) is 11.6 Å². The van der Waals surface area contributed by atoms with Crippen molar-refractivity contribution in [3.8, 4) is 0 Å². The van der Waals surface area contributed by atoms with Crippen LogP contribution in [-0.2, 0) is 11.8 Å². The third-order valence-electron chi connectivity index (χ3n) is 3.55. The normalized spacial score (nSPS) is 16.9. The van der Waals surface area contributed by atoms with Gasteiger partial charge in [-0.2, -0.15) is 5.10 Å². The molecule has 6 heteroatoms. The van der Waals surface area contributed by atoms with Crippen molar-refractivity contribution in [3.63, 3.8) is 0 Å². The Kier molecular flexibility index (Phi) is 3.45. The highest BCUT2D eigenvalue weighted by Gasteiger charge is 2.27. The van der Waals surface area contributed by atoms with E-state index in [4.69, 9.17) is 10.5 Å². The average molecular weight is 252 g/mol. The predicted molar refractivity (Wildman–Crippen MR) is 69.6 cm³/mol. The fraction of sp³-hybridized carbons (Fsp3) is 0.667. The smallest absolute Gasteiger partial charge is 0.345 e. The highest BCUT2D eigenvalue weighted by Crippen LogP contribution is 2.28. The minimum atomic E-state index is -0.422. The van der Waals surface area contributed by atoms with Gasteiger partial charge in [-0.3, -0.25) is 4.68 Å². The molecule has 1 aromatic rings. The minimum Gasteiger partial charge on any atom is -0.465 e. The van der Waals surface area contributed by atoms with Gasteiger partial charge in [0.15, 0.2) is 5.82 Å². The number of carbonyl (C=O) groups excluding carboxylic acids is 1. The van der Waals surface area contributed by atoms with Gasteiger partial charge < -0.3 is 15.4 Å². The SMILES string of the molecule is COC(=O)c1c(N2CCC(C)CC2)nn(C)c1N. The van der Waals surface area contributed by atoms with Crippen LogP contribution in [0.5, 0.6) is 0 Å². The molecule has 18 heavy (non-hydrogen) atoms. The van der Waals surface area contributed by atoms with Crippen molar-refractivity contribution in [1.82, 2.24) is 9.78 Å². The van der Waals surface area contributed by atoms with Crippen molar-refractivity contribution < 1.29 is 9.53 Å². The zero-order valence-electron chi connectivity index (χ0n) is 11.1. The summed E-state index contributed by atoms with van der Waals surface area (Å²) in [6.07, 6.45) is 2.22. The molecule has 100 valence electrons. The molecule has 0 radical (unpaired) electrons. The van der Waals surface area contributed by atoms with Crippen molar-refractivity contribution >= 4 is 17.6 Å². The lowest BCUT2D eigenvalue weighted by Crippen LogP contribution is -2.34. The summed E-state index contributed by atoms with van der Waals surface area (Å²) in [5.74, 6) is 1.31. The molecule has 0 atom stereocenters. The summed E-state index contributed by atoms with van der Waals surface area (Å²) >= 11 is 0. The van der Waals surface area contributed by atoms with Crippen LogP contribution in [0.25, 0.3) is 0 Å². The number of nitrogens with zero attached hydrogens (tertiary/aromatic N) is 3. The topological polar surface area (TPSA) is 73.4 Å². The van der Waals surface area contributed by atoms with Crippen LogP contribution in [0.3, 0.4) is 0 Å². The Morgan fingerprint density at radius 2 is 2.06 bits per heavy atom. The standard InChI is InChI=1S/C12H20N4O2/c1-8-4-6-16(7-5-8)11-9(12(17)18-3)10(13)15(2)14-11/h8H,4-7,13H2,1-3H3. The number of rotatable bonds is 2. The molecule has 1 saturated heterocycles. The monoisotopic (exact) mass is 252 g/mol. The van der Waals surface area contributed by atoms with Crippen LogP contribution >= 0.6 is 0 Å². The lowest BCUT2D eigenvalue weighted by Gasteiger charge is -2.30. The van der Waals surface area contributed by atoms with Gasteiger partial charge in [-0.05, 0) is 18.8 Å². The van der Waals surface area contributed by atoms with Crippen LogP contribution in [-0.4, -0.2) is 35.9 Å². The highest BCUT2D eigenvalue weighted by molar-refractivity contribution is 5.99. The molecule has 1 fully saturated rings. The second-order valence-electron chi connectivity index (χ2n) is 4.87. The van der Waals surface area contributed by atoms with E-state index in [1.807, 2.05) is 0 Å². The van der Waals surface area contributed by atoms with E-state index >= 15 is 0 Å². The number of esters is 1. The zero-order valence-corrected chi connectivity index (χ0v) is 11.1. The number of hydrogen-bond acceptors (Lipinski definition) is 5. The fourth-order valence-corrected chi connectivity index (χ4v) is 2.26. The van der Waals surface area contributed by atoms with Gasteiger partial charge >= 0.3 is 5.97 Å². The zero-order chi connectivity index (χ0) is 13.3. The molecule has 0 aromatic carbocycles. The molecule has 2 N–H and O–H groups in total. The van der Waals surface area contributed by atoms with E-state index in [-0.39, 0.29) is 0 Å². The number of aromatic nitrogens is 2. The molecule has 1 aromatic heterocycles. The molecule has 0 amide bonds. The molecule has 2 rings (SSSR count). The molecule has 0 unspecified atom stereocenters. The van der Waals surface area contributed by atoms with Gasteiger partial charge in [0.1, 0.15) is 11.4 Å². The maximum atomic E-state index is 11.8. The van der Waals surface area contributed by atoms with Crippen molar-refractivity contribution in [1.29, 1.82) is 0 Å². The van der Waals surface area contributed by atoms with Gasteiger partial charge in [0, 0.05) is 20.1 Å². The van der Waals surface area contributed by atoms with Gasteiger partial charge in [-0.25, -0.2) is 4.79 Å². The van der Waals surface area contributed by atoms with E-state index in [2.05, 4.69) is 16.9 Å². The largest absolute Gasteiger partial charge is 0.465 e. The number of methoxy groups -OCH3 is 1. The van der Waals surface area contributed by atoms with E-state index in [1.54, 1.807) is 7.05 Å². The molecule has 1 aliphatic heterocycles. The first-order valence-corrected chi connectivity index (χ1v) is 6.20. The van der Waals surface area contributed by atoms with E-state index in [9.17, 15) is 4.79 Å². The van der Waals surface area contributed by atoms with Gasteiger partial charge in [-0.1, -0.05) is 6.92 Å². The first kappa shape index (κ1) is 12.7. The molecule has 0 saturated carbocycles. The number of aryl methyl sites for hydroxylation is 1. The quantitative estimate of drug-likeness (QED) is 0.796. The van der Waals surface area contributed by atoms with Crippen molar-refractivity contribution in [2.24, 2.45) is 13.0 Å². The minimum absolute atomic E-state index is 0.357. The van der Waals surface area contributed by atoms with Crippen LogP contribution in [0.15, 0.2) is 0 Å². The van der Waals surface area contributed by atoms with Crippen LogP contribution in [0, 0.1) is 5.92 Å². The number of nitrogens with two attached hydrogens (primary N) is 1. The lowest BCUT2D eigenvalue weighted by molar-refractivity contribution is 0.0602. The Morgan fingerprint density at radius 1 is 1.44 bits per heavy atom. The molecular weight excluding hydrogens is 232 g/mol. The van der Waals surface area contributed by atoms with Crippen LogP contribution in [0.2, 0.25) is 0 Å². The van der Waals surface area contributed by atoms with E-state index in [0.29, 0.717) is 17.2 Å². The summed E-state index contributed by atoms with van der Waals surface area (Å²) in [5.41, 5.74) is 6.27. The summed E-state index contributed by atoms with van der Waals surface area (Å²) in [6.45, 7) is 4.05. The second kappa shape index (κ2) is 4.88. The maximum absolute atomic E-state index is 11.8.